The second kappa shape index (κ2) is 7.79. The number of hydrogen-bond acceptors (Lipinski definition) is 5. The second-order valence-corrected chi connectivity index (χ2v) is 8.18. The predicted octanol–water partition coefficient (Wildman–Crippen LogP) is 4.78. The van der Waals surface area contributed by atoms with Crippen molar-refractivity contribution in [3.63, 3.8) is 0 Å². The molecule has 2 heterocycles. The van der Waals surface area contributed by atoms with Crippen molar-refractivity contribution in [2.24, 2.45) is 0 Å². The number of halogens is 1. The first-order chi connectivity index (χ1) is 13.5. The van der Waals surface area contributed by atoms with Gasteiger partial charge in [-0.25, -0.2) is 9.07 Å². The van der Waals surface area contributed by atoms with Crippen LogP contribution in [0.15, 0.2) is 24.3 Å². The summed E-state index contributed by atoms with van der Waals surface area (Å²) in [7, 11) is 0. The molecule has 1 saturated carbocycles. The number of aryl methyl sites for hydroxylation is 1. The molecule has 146 valence electrons. The van der Waals surface area contributed by atoms with E-state index in [1.54, 1.807) is 23.7 Å². The fraction of sp³-hybridized carbons (Fsp3) is 0.400. The Morgan fingerprint density at radius 2 is 1.86 bits per heavy atom. The predicted molar refractivity (Wildman–Crippen MR) is 107 cm³/mol. The molecular formula is C20H22FN5OS. The van der Waals surface area contributed by atoms with Crippen LogP contribution in [0.2, 0.25) is 0 Å². The van der Waals surface area contributed by atoms with Crippen molar-refractivity contribution in [3.05, 3.63) is 52.0 Å². The van der Waals surface area contributed by atoms with Crippen molar-refractivity contribution in [2.45, 2.75) is 51.9 Å². The van der Waals surface area contributed by atoms with Crippen LogP contribution in [0.25, 0.3) is 5.69 Å². The molecule has 0 radical (unpaired) electrons. The van der Waals surface area contributed by atoms with Gasteiger partial charge in [-0.1, -0.05) is 30.6 Å². The number of carbonyl (C=O) groups excluding carboxylic acids is 1. The molecule has 2 aromatic heterocycles. The highest BCUT2D eigenvalue weighted by Crippen LogP contribution is 2.35. The van der Waals surface area contributed by atoms with Gasteiger partial charge in [0.1, 0.15) is 10.8 Å². The Labute approximate surface area is 166 Å². The topological polar surface area (TPSA) is 72.7 Å². The van der Waals surface area contributed by atoms with Gasteiger partial charge >= 0.3 is 0 Å². The molecule has 0 aliphatic heterocycles. The summed E-state index contributed by atoms with van der Waals surface area (Å²) in [6.45, 7) is 3.61. The number of nitrogens with zero attached hydrogens (tertiary/aromatic N) is 4. The lowest BCUT2D eigenvalue weighted by molar-refractivity contribution is 0.102. The zero-order valence-electron chi connectivity index (χ0n) is 15.9. The van der Waals surface area contributed by atoms with Gasteiger partial charge < -0.3 is 0 Å². The lowest BCUT2D eigenvalue weighted by atomic mass is 9.90. The quantitative estimate of drug-likeness (QED) is 0.685. The molecule has 0 unspecified atom stereocenters. The van der Waals surface area contributed by atoms with E-state index in [1.807, 2.05) is 6.92 Å². The molecule has 1 fully saturated rings. The summed E-state index contributed by atoms with van der Waals surface area (Å²) in [4.78, 5) is 12.9. The van der Waals surface area contributed by atoms with Crippen molar-refractivity contribution in [3.8, 4) is 5.69 Å². The van der Waals surface area contributed by atoms with E-state index in [1.165, 1.54) is 42.7 Å². The summed E-state index contributed by atoms with van der Waals surface area (Å²) in [6, 6.07) is 6.02. The van der Waals surface area contributed by atoms with E-state index >= 15 is 0 Å². The summed E-state index contributed by atoms with van der Waals surface area (Å²) in [5.74, 6) is -0.107. The van der Waals surface area contributed by atoms with Crippen LogP contribution in [0.1, 0.15) is 64.8 Å². The Bertz CT molecular complexity index is 989. The molecule has 28 heavy (non-hydrogen) atoms. The molecule has 4 rings (SSSR count). The maximum Gasteiger partial charge on any atom is 0.261 e. The van der Waals surface area contributed by atoms with E-state index in [0.29, 0.717) is 33.7 Å². The van der Waals surface area contributed by atoms with Crippen LogP contribution >= 0.6 is 11.3 Å². The summed E-state index contributed by atoms with van der Waals surface area (Å²) < 4.78 is 14.8. The molecular weight excluding hydrogens is 377 g/mol. The molecule has 0 saturated heterocycles. The summed E-state index contributed by atoms with van der Waals surface area (Å²) in [5, 5.41) is 17.3. The van der Waals surface area contributed by atoms with Crippen LogP contribution < -0.4 is 5.32 Å². The summed E-state index contributed by atoms with van der Waals surface area (Å²) >= 11 is 1.46. The number of aromatic nitrogens is 4. The number of anilines is 1. The SMILES string of the molecule is Cc1nn(-c2ccc(F)cc2)c(C)c1C(=O)Nc1nnc(C2CCCCC2)s1. The fourth-order valence-corrected chi connectivity index (χ4v) is 4.67. The van der Waals surface area contributed by atoms with Crippen LogP contribution in [0.4, 0.5) is 9.52 Å². The Hall–Kier alpha value is -2.61. The van der Waals surface area contributed by atoms with Crippen molar-refractivity contribution in [2.75, 3.05) is 5.32 Å². The number of nitrogens with one attached hydrogen (secondary N) is 1. The molecule has 0 bridgehead atoms. The first kappa shape index (κ1) is 18.7. The molecule has 1 aliphatic carbocycles. The van der Waals surface area contributed by atoms with Crippen LogP contribution in [0.5, 0.6) is 0 Å². The minimum absolute atomic E-state index is 0.255. The number of hydrogen-bond donors (Lipinski definition) is 1. The van der Waals surface area contributed by atoms with E-state index in [0.717, 1.165) is 17.8 Å². The Morgan fingerprint density at radius 3 is 2.57 bits per heavy atom. The number of rotatable bonds is 4. The number of benzene rings is 1. The van der Waals surface area contributed by atoms with Crippen molar-refractivity contribution in [1.82, 2.24) is 20.0 Å². The van der Waals surface area contributed by atoms with Crippen LogP contribution in [0, 0.1) is 19.7 Å². The minimum atomic E-state index is -0.312. The molecule has 6 nitrogen and oxygen atoms in total. The first-order valence-corrected chi connectivity index (χ1v) is 10.3. The standard InChI is InChI=1S/C20H22FN5OS/c1-12-17(13(2)26(25-12)16-10-8-15(21)9-11-16)18(27)22-20-24-23-19(28-20)14-6-4-3-5-7-14/h8-11,14H,3-7H2,1-2H3,(H,22,24,27). The fourth-order valence-electron chi connectivity index (χ4n) is 3.76. The smallest absolute Gasteiger partial charge is 0.261 e. The van der Waals surface area contributed by atoms with Crippen molar-refractivity contribution < 1.29 is 9.18 Å². The van der Waals surface area contributed by atoms with Gasteiger partial charge in [0.15, 0.2) is 0 Å². The van der Waals surface area contributed by atoms with E-state index < -0.39 is 0 Å². The molecule has 3 aromatic rings. The maximum absolute atomic E-state index is 13.2. The van der Waals surface area contributed by atoms with Gasteiger partial charge in [-0.3, -0.25) is 10.1 Å². The highest BCUT2D eigenvalue weighted by atomic mass is 32.1. The third-order valence-corrected chi connectivity index (χ3v) is 6.21. The number of amides is 1. The van der Waals surface area contributed by atoms with Gasteiger partial charge in [0, 0.05) is 5.92 Å². The molecule has 0 spiro atoms. The molecule has 1 amide bonds. The van der Waals surface area contributed by atoms with E-state index in [4.69, 9.17) is 0 Å². The monoisotopic (exact) mass is 399 g/mol. The van der Waals surface area contributed by atoms with Crippen LogP contribution in [-0.4, -0.2) is 25.9 Å². The maximum atomic E-state index is 13.2. The van der Waals surface area contributed by atoms with Gasteiger partial charge in [-0.2, -0.15) is 5.10 Å². The lowest BCUT2D eigenvalue weighted by Gasteiger charge is -2.18. The zero-order chi connectivity index (χ0) is 19.7. The summed E-state index contributed by atoms with van der Waals surface area (Å²) in [5.41, 5.74) is 2.50. The normalized spacial score (nSPS) is 15.0. The van der Waals surface area contributed by atoms with E-state index in [2.05, 4.69) is 20.6 Å². The average Bonchev–Trinajstić information content (AvgIpc) is 3.27. The largest absolute Gasteiger partial charge is 0.296 e. The third-order valence-electron chi connectivity index (χ3n) is 5.21. The van der Waals surface area contributed by atoms with Crippen LogP contribution in [-0.2, 0) is 0 Å². The van der Waals surface area contributed by atoms with Crippen LogP contribution in [0.3, 0.4) is 0 Å². The van der Waals surface area contributed by atoms with Gasteiger partial charge in [-0.15, -0.1) is 10.2 Å². The van der Waals surface area contributed by atoms with Gasteiger partial charge in [-0.05, 0) is 51.0 Å². The second-order valence-electron chi connectivity index (χ2n) is 7.17. The Balaban J connectivity index is 1.54. The summed E-state index contributed by atoms with van der Waals surface area (Å²) in [6.07, 6.45) is 6.03. The Morgan fingerprint density at radius 1 is 1.14 bits per heavy atom. The molecule has 1 aliphatic rings. The first-order valence-electron chi connectivity index (χ1n) is 9.50. The third kappa shape index (κ3) is 3.69. The highest BCUT2D eigenvalue weighted by molar-refractivity contribution is 7.15. The molecule has 8 heteroatoms. The highest BCUT2D eigenvalue weighted by Gasteiger charge is 2.23. The molecule has 1 N–H and O–H groups in total. The lowest BCUT2D eigenvalue weighted by Crippen LogP contribution is -2.14. The van der Waals surface area contributed by atoms with Gasteiger partial charge in [0.25, 0.3) is 5.91 Å². The van der Waals surface area contributed by atoms with Gasteiger partial charge in [0.05, 0.1) is 22.6 Å². The van der Waals surface area contributed by atoms with Crippen molar-refractivity contribution >= 4 is 22.4 Å². The van der Waals surface area contributed by atoms with Gasteiger partial charge in [0.2, 0.25) is 5.13 Å². The van der Waals surface area contributed by atoms with Crippen molar-refractivity contribution in [1.29, 1.82) is 0 Å². The Kier molecular flexibility index (Phi) is 5.21. The average molecular weight is 399 g/mol. The van der Waals surface area contributed by atoms with E-state index in [9.17, 15) is 9.18 Å². The molecule has 0 atom stereocenters. The number of carbonyl (C=O) groups is 1. The zero-order valence-corrected chi connectivity index (χ0v) is 16.7. The van der Waals surface area contributed by atoms with E-state index in [-0.39, 0.29) is 11.7 Å². The molecule has 1 aromatic carbocycles. The minimum Gasteiger partial charge on any atom is -0.296 e.